The van der Waals surface area contributed by atoms with E-state index >= 15 is 0 Å². The van der Waals surface area contributed by atoms with Gasteiger partial charge in [-0.05, 0) is 19.1 Å². The summed E-state index contributed by atoms with van der Waals surface area (Å²) in [6, 6.07) is 6.19. The Labute approximate surface area is 106 Å². The third kappa shape index (κ3) is 1.71. The Bertz CT molecular complexity index is 616. The summed E-state index contributed by atoms with van der Waals surface area (Å²) in [7, 11) is 0. The smallest absolute Gasteiger partial charge is 0.166 e. The van der Waals surface area contributed by atoms with Crippen LogP contribution in [0.2, 0.25) is 0 Å². The third-order valence-electron chi connectivity index (χ3n) is 3.39. The fourth-order valence-corrected chi connectivity index (χ4v) is 2.42. The standard InChI is InChI=1S/C13H15N5/c1-10-16-12(8-14)13-3-2-11(9-18(10)13)17-6-4-15-5-7-17/h2-3,9,15H,4-7H2,1H3. The van der Waals surface area contributed by atoms with Crippen molar-refractivity contribution in [3.63, 3.8) is 0 Å². The van der Waals surface area contributed by atoms with Gasteiger partial charge in [-0.15, -0.1) is 0 Å². The van der Waals surface area contributed by atoms with Crippen LogP contribution in [0.15, 0.2) is 18.3 Å². The second kappa shape index (κ2) is 4.31. The van der Waals surface area contributed by atoms with Crippen LogP contribution in [-0.4, -0.2) is 35.6 Å². The van der Waals surface area contributed by atoms with E-state index in [2.05, 4.69) is 33.5 Å². The molecule has 0 radical (unpaired) electrons. The van der Waals surface area contributed by atoms with Crippen molar-refractivity contribution in [1.29, 1.82) is 5.26 Å². The second-order valence-electron chi connectivity index (χ2n) is 4.50. The maximum Gasteiger partial charge on any atom is 0.166 e. The zero-order valence-electron chi connectivity index (χ0n) is 10.3. The van der Waals surface area contributed by atoms with Crippen LogP contribution in [-0.2, 0) is 0 Å². The highest BCUT2D eigenvalue weighted by Crippen LogP contribution is 2.19. The fraction of sp³-hybridized carbons (Fsp3) is 0.385. The van der Waals surface area contributed by atoms with E-state index in [9.17, 15) is 0 Å². The number of aryl methyl sites for hydroxylation is 1. The van der Waals surface area contributed by atoms with Crippen LogP contribution >= 0.6 is 0 Å². The molecule has 0 bridgehead atoms. The molecule has 1 aliphatic rings. The van der Waals surface area contributed by atoms with E-state index in [4.69, 9.17) is 5.26 Å². The van der Waals surface area contributed by atoms with Gasteiger partial charge in [0, 0.05) is 32.4 Å². The van der Waals surface area contributed by atoms with Crippen molar-refractivity contribution in [3.05, 3.63) is 29.8 Å². The average Bonchev–Trinajstić information content (AvgIpc) is 2.76. The number of aromatic nitrogens is 2. The van der Waals surface area contributed by atoms with Gasteiger partial charge in [-0.25, -0.2) is 4.98 Å². The number of piperazine rings is 1. The predicted molar refractivity (Wildman–Crippen MR) is 69.7 cm³/mol. The van der Waals surface area contributed by atoms with Crippen LogP contribution in [0.25, 0.3) is 5.52 Å². The van der Waals surface area contributed by atoms with E-state index in [0.717, 1.165) is 37.5 Å². The minimum absolute atomic E-state index is 0.499. The van der Waals surface area contributed by atoms with Crippen LogP contribution in [0, 0.1) is 18.3 Å². The van der Waals surface area contributed by atoms with Gasteiger partial charge in [0.1, 0.15) is 11.9 Å². The van der Waals surface area contributed by atoms with Gasteiger partial charge in [0.2, 0.25) is 0 Å². The molecule has 2 aromatic rings. The first-order chi connectivity index (χ1) is 8.79. The molecule has 1 saturated heterocycles. The Balaban J connectivity index is 2.05. The molecule has 18 heavy (non-hydrogen) atoms. The van der Waals surface area contributed by atoms with Crippen molar-refractivity contribution in [1.82, 2.24) is 14.7 Å². The Kier molecular flexibility index (Phi) is 2.65. The lowest BCUT2D eigenvalue weighted by Gasteiger charge is -2.29. The first kappa shape index (κ1) is 11.1. The van der Waals surface area contributed by atoms with Crippen LogP contribution in [0.5, 0.6) is 0 Å². The van der Waals surface area contributed by atoms with Crippen molar-refractivity contribution >= 4 is 11.2 Å². The molecule has 92 valence electrons. The summed E-state index contributed by atoms with van der Waals surface area (Å²) in [6.07, 6.45) is 2.07. The SMILES string of the molecule is Cc1nc(C#N)c2ccc(N3CCNCC3)cn12. The minimum atomic E-state index is 0.499. The second-order valence-corrected chi connectivity index (χ2v) is 4.50. The summed E-state index contributed by atoms with van der Waals surface area (Å²) in [5, 5.41) is 12.4. The highest BCUT2D eigenvalue weighted by molar-refractivity contribution is 5.62. The Morgan fingerprint density at radius 1 is 1.33 bits per heavy atom. The van der Waals surface area contributed by atoms with E-state index in [-0.39, 0.29) is 0 Å². The molecule has 1 fully saturated rings. The van der Waals surface area contributed by atoms with Gasteiger partial charge < -0.3 is 14.6 Å². The molecule has 0 aliphatic carbocycles. The molecular formula is C13H15N5. The molecule has 5 nitrogen and oxygen atoms in total. The molecule has 1 N–H and O–H groups in total. The molecule has 5 heteroatoms. The summed E-state index contributed by atoms with van der Waals surface area (Å²) in [5.74, 6) is 0.860. The van der Waals surface area contributed by atoms with Gasteiger partial charge in [-0.1, -0.05) is 0 Å². The number of imidazole rings is 1. The Morgan fingerprint density at radius 3 is 2.83 bits per heavy atom. The van der Waals surface area contributed by atoms with Gasteiger partial charge in [0.05, 0.1) is 11.2 Å². The van der Waals surface area contributed by atoms with Crippen molar-refractivity contribution in [3.8, 4) is 6.07 Å². The number of nitriles is 1. The lowest BCUT2D eigenvalue weighted by atomic mass is 10.2. The summed E-state index contributed by atoms with van der Waals surface area (Å²) in [5.41, 5.74) is 2.57. The van der Waals surface area contributed by atoms with E-state index in [1.165, 1.54) is 5.69 Å². The molecule has 0 saturated carbocycles. The highest BCUT2D eigenvalue weighted by atomic mass is 15.2. The Morgan fingerprint density at radius 2 is 2.11 bits per heavy atom. The number of pyridine rings is 1. The van der Waals surface area contributed by atoms with Crippen molar-refractivity contribution < 1.29 is 0 Å². The van der Waals surface area contributed by atoms with Crippen LogP contribution in [0.1, 0.15) is 11.5 Å². The number of hydrogen-bond acceptors (Lipinski definition) is 4. The summed E-state index contributed by atoms with van der Waals surface area (Å²) >= 11 is 0. The van der Waals surface area contributed by atoms with E-state index in [1.54, 1.807) is 0 Å². The number of fused-ring (bicyclic) bond motifs is 1. The normalized spacial score (nSPS) is 15.9. The Hall–Kier alpha value is -2.06. The largest absolute Gasteiger partial charge is 0.368 e. The zero-order valence-corrected chi connectivity index (χ0v) is 10.3. The molecule has 1 aliphatic heterocycles. The van der Waals surface area contributed by atoms with Crippen LogP contribution < -0.4 is 10.2 Å². The first-order valence-electron chi connectivity index (χ1n) is 6.14. The molecule has 0 aromatic carbocycles. The fourth-order valence-electron chi connectivity index (χ4n) is 2.42. The number of nitrogens with one attached hydrogen (secondary N) is 1. The van der Waals surface area contributed by atoms with Gasteiger partial charge in [-0.3, -0.25) is 0 Å². The van der Waals surface area contributed by atoms with Gasteiger partial charge in [0.15, 0.2) is 5.69 Å². The quantitative estimate of drug-likeness (QED) is 0.806. The van der Waals surface area contributed by atoms with Crippen LogP contribution in [0.4, 0.5) is 5.69 Å². The molecule has 0 amide bonds. The first-order valence-corrected chi connectivity index (χ1v) is 6.14. The molecule has 2 aromatic heterocycles. The maximum absolute atomic E-state index is 9.02. The maximum atomic E-state index is 9.02. The molecule has 3 rings (SSSR count). The molecule has 0 unspecified atom stereocenters. The number of hydrogen-bond donors (Lipinski definition) is 1. The summed E-state index contributed by atoms with van der Waals surface area (Å²) in [6.45, 7) is 6.00. The van der Waals surface area contributed by atoms with Crippen molar-refractivity contribution in [2.75, 3.05) is 31.1 Å². The molecule has 3 heterocycles. The highest BCUT2D eigenvalue weighted by Gasteiger charge is 2.13. The predicted octanol–water partition coefficient (Wildman–Crippen LogP) is 0.924. The zero-order chi connectivity index (χ0) is 12.5. The van der Waals surface area contributed by atoms with Crippen molar-refractivity contribution in [2.45, 2.75) is 6.92 Å². The summed E-state index contributed by atoms with van der Waals surface area (Å²) < 4.78 is 2.00. The van der Waals surface area contributed by atoms with E-state index in [0.29, 0.717) is 5.69 Å². The average molecular weight is 241 g/mol. The molecule has 0 atom stereocenters. The minimum Gasteiger partial charge on any atom is -0.368 e. The number of nitrogens with zero attached hydrogens (tertiary/aromatic N) is 4. The number of rotatable bonds is 1. The topological polar surface area (TPSA) is 56.4 Å². The molecular weight excluding hydrogens is 226 g/mol. The van der Waals surface area contributed by atoms with E-state index in [1.807, 2.05) is 17.4 Å². The van der Waals surface area contributed by atoms with E-state index < -0.39 is 0 Å². The van der Waals surface area contributed by atoms with Gasteiger partial charge >= 0.3 is 0 Å². The van der Waals surface area contributed by atoms with Gasteiger partial charge in [-0.2, -0.15) is 5.26 Å². The monoisotopic (exact) mass is 241 g/mol. The lowest BCUT2D eigenvalue weighted by molar-refractivity contribution is 0.588. The summed E-state index contributed by atoms with van der Waals surface area (Å²) in [4.78, 5) is 6.61. The lowest BCUT2D eigenvalue weighted by Crippen LogP contribution is -2.43. The number of anilines is 1. The third-order valence-corrected chi connectivity index (χ3v) is 3.39. The molecule has 0 spiro atoms. The van der Waals surface area contributed by atoms with Crippen LogP contribution in [0.3, 0.4) is 0 Å². The van der Waals surface area contributed by atoms with Gasteiger partial charge in [0.25, 0.3) is 0 Å². The van der Waals surface area contributed by atoms with Crippen molar-refractivity contribution in [2.24, 2.45) is 0 Å².